The lowest BCUT2D eigenvalue weighted by Gasteiger charge is -2.34. The molecular formula is C25H29N5O4S. The van der Waals surface area contributed by atoms with Crippen molar-refractivity contribution in [1.82, 2.24) is 24.9 Å². The molecule has 0 amide bonds. The zero-order valence-electron chi connectivity index (χ0n) is 19.9. The number of para-hydroxylation sites is 1. The average Bonchev–Trinajstić information content (AvgIpc) is 3.49. The van der Waals surface area contributed by atoms with Crippen molar-refractivity contribution in [1.29, 1.82) is 0 Å². The van der Waals surface area contributed by atoms with E-state index in [0.29, 0.717) is 30.6 Å². The maximum absolute atomic E-state index is 10.5. The lowest BCUT2D eigenvalue weighted by Crippen LogP contribution is -2.48. The fourth-order valence-corrected chi connectivity index (χ4v) is 5.04. The van der Waals surface area contributed by atoms with E-state index < -0.39 is 6.10 Å². The summed E-state index contributed by atoms with van der Waals surface area (Å²) in [4.78, 5) is 13.6. The lowest BCUT2D eigenvalue weighted by molar-refractivity contribution is 0.0440. The van der Waals surface area contributed by atoms with Crippen LogP contribution in [0.25, 0.3) is 21.7 Å². The summed E-state index contributed by atoms with van der Waals surface area (Å²) in [7, 11) is 1.63. The van der Waals surface area contributed by atoms with Gasteiger partial charge in [0.25, 0.3) is 5.89 Å². The van der Waals surface area contributed by atoms with E-state index in [1.54, 1.807) is 18.4 Å². The summed E-state index contributed by atoms with van der Waals surface area (Å²) in [5.74, 6) is 2.56. The zero-order valence-corrected chi connectivity index (χ0v) is 20.7. The molecule has 1 unspecified atom stereocenters. The Morgan fingerprint density at radius 2 is 1.89 bits per heavy atom. The zero-order chi connectivity index (χ0) is 24.2. The van der Waals surface area contributed by atoms with Crippen LogP contribution in [0.3, 0.4) is 0 Å². The first-order chi connectivity index (χ1) is 17.1. The molecule has 2 aromatic heterocycles. The molecule has 1 fully saturated rings. The second-order valence-electron chi connectivity index (χ2n) is 8.62. The normalized spacial score (nSPS) is 16.0. The molecule has 5 rings (SSSR count). The lowest BCUT2D eigenvalue weighted by atomic mass is 10.2. The van der Waals surface area contributed by atoms with Crippen molar-refractivity contribution in [2.24, 2.45) is 0 Å². The minimum atomic E-state index is -0.560. The van der Waals surface area contributed by atoms with E-state index >= 15 is 0 Å². The summed E-state index contributed by atoms with van der Waals surface area (Å²) >= 11 is 1.67. The molecule has 1 aliphatic heterocycles. The highest BCUT2D eigenvalue weighted by molar-refractivity contribution is 7.18. The highest BCUT2D eigenvalue weighted by atomic mass is 32.1. The highest BCUT2D eigenvalue weighted by Crippen LogP contribution is 2.28. The molecule has 3 heterocycles. The van der Waals surface area contributed by atoms with Crippen LogP contribution in [0.2, 0.25) is 0 Å². The molecule has 1 aliphatic rings. The van der Waals surface area contributed by atoms with Crippen molar-refractivity contribution < 1.29 is 19.1 Å². The Morgan fingerprint density at radius 3 is 2.71 bits per heavy atom. The first-order valence-electron chi connectivity index (χ1n) is 11.7. The number of thiazole rings is 1. The van der Waals surface area contributed by atoms with Gasteiger partial charge in [0.2, 0.25) is 0 Å². The summed E-state index contributed by atoms with van der Waals surface area (Å²) < 4.78 is 17.8. The van der Waals surface area contributed by atoms with Crippen molar-refractivity contribution in [3.05, 3.63) is 53.3 Å². The van der Waals surface area contributed by atoms with Gasteiger partial charge in [-0.1, -0.05) is 17.3 Å². The summed E-state index contributed by atoms with van der Waals surface area (Å²) in [5.41, 5.74) is 1.73. The van der Waals surface area contributed by atoms with Crippen molar-refractivity contribution in [2.45, 2.75) is 19.6 Å². The maximum Gasteiger partial charge on any atom is 0.261 e. The summed E-state index contributed by atoms with van der Waals surface area (Å²) in [5, 5.41) is 15.7. The molecule has 0 bridgehead atoms. The van der Waals surface area contributed by atoms with E-state index in [1.807, 2.05) is 49.4 Å². The molecule has 35 heavy (non-hydrogen) atoms. The Bertz CT molecular complexity index is 1270. The average molecular weight is 496 g/mol. The Hall–Kier alpha value is -3.05. The monoisotopic (exact) mass is 495 g/mol. The number of rotatable bonds is 9. The summed E-state index contributed by atoms with van der Waals surface area (Å²) in [6.45, 7) is 6.90. The first kappa shape index (κ1) is 23.7. The maximum atomic E-state index is 10.5. The molecule has 0 radical (unpaired) electrons. The van der Waals surface area contributed by atoms with Gasteiger partial charge in [0.05, 0.1) is 34.4 Å². The Balaban J connectivity index is 1.07. The predicted octanol–water partition coefficient (Wildman–Crippen LogP) is 3.22. The minimum absolute atomic E-state index is 0.253. The SMILES string of the molecule is COc1ccccc1-c1nc(CN2CCN(CC(O)COc3ccc4sc(C)nc4c3)CC2)no1. The van der Waals surface area contributed by atoms with E-state index in [0.717, 1.165) is 52.7 Å². The number of fused-ring (bicyclic) bond motifs is 1. The fraction of sp³-hybridized carbons (Fsp3) is 0.400. The van der Waals surface area contributed by atoms with E-state index in [1.165, 1.54) is 0 Å². The molecule has 1 atom stereocenters. The highest BCUT2D eigenvalue weighted by Gasteiger charge is 2.22. The van der Waals surface area contributed by atoms with Gasteiger partial charge in [-0.2, -0.15) is 4.98 Å². The Morgan fingerprint density at radius 1 is 1.09 bits per heavy atom. The van der Waals surface area contributed by atoms with Gasteiger partial charge in [-0.25, -0.2) is 4.98 Å². The number of benzene rings is 2. The number of ether oxygens (including phenoxy) is 2. The molecule has 4 aromatic rings. The number of methoxy groups -OCH3 is 1. The topological polar surface area (TPSA) is 97.0 Å². The number of hydrogen-bond acceptors (Lipinski definition) is 10. The number of aromatic nitrogens is 3. The smallest absolute Gasteiger partial charge is 0.261 e. The molecule has 0 saturated carbocycles. The second-order valence-corrected chi connectivity index (χ2v) is 9.85. The third-order valence-electron chi connectivity index (χ3n) is 6.01. The molecule has 9 nitrogen and oxygen atoms in total. The second kappa shape index (κ2) is 10.7. The molecule has 0 spiro atoms. The van der Waals surface area contributed by atoms with Gasteiger partial charge < -0.3 is 19.1 Å². The number of aryl methyl sites for hydroxylation is 1. The molecule has 10 heteroatoms. The minimum Gasteiger partial charge on any atom is -0.496 e. The fourth-order valence-electron chi connectivity index (χ4n) is 4.23. The van der Waals surface area contributed by atoms with Gasteiger partial charge in [0.1, 0.15) is 24.2 Å². The van der Waals surface area contributed by atoms with Crippen molar-refractivity contribution in [2.75, 3.05) is 46.4 Å². The van der Waals surface area contributed by atoms with Gasteiger partial charge in [0.15, 0.2) is 5.82 Å². The van der Waals surface area contributed by atoms with E-state index in [4.69, 9.17) is 14.0 Å². The molecule has 2 aromatic carbocycles. The van der Waals surface area contributed by atoms with Crippen LogP contribution in [0, 0.1) is 6.92 Å². The molecule has 0 aliphatic carbocycles. The van der Waals surface area contributed by atoms with Gasteiger partial charge in [-0.05, 0) is 31.2 Å². The van der Waals surface area contributed by atoms with Crippen LogP contribution >= 0.6 is 11.3 Å². The standard InChI is InChI=1S/C25H29N5O4S/c1-17-26-21-13-19(7-8-23(21)35-17)33-16-18(31)14-29-9-11-30(12-10-29)15-24-27-25(34-28-24)20-5-3-4-6-22(20)32-2/h3-8,13,18,31H,9-12,14-16H2,1-2H3. The number of aliphatic hydroxyl groups is 1. The third kappa shape index (κ3) is 5.79. The third-order valence-corrected chi connectivity index (χ3v) is 6.96. The van der Waals surface area contributed by atoms with Crippen LogP contribution in [0.15, 0.2) is 47.0 Å². The summed E-state index contributed by atoms with van der Waals surface area (Å²) in [6.07, 6.45) is -0.560. The van der Waals surface area contributed by atoms with Crippen LogP contribution < -0.4 is 9.47 Å². The number of aliphatic hydroxyl groups excluding tert-OH is 1. The van der Waals surface area contributed by atoms with Crippen molar-refractivity contribution in [3.8, 4) is 23.0 Å². The van der Waals surface area contributed by atoms with E-state index in [2.05, 4.69) is 24.9 Å². The van der Waals surface area contributed by atoms with Crippen molar-refractivity contribution >= 4 is 21.6 Å². The van der Waals surface area contributed by atoms with Crippen LogP contribution in [0.5, 0.6) is 11.5 Å². The van der Waals surface area contributed by atoms with Crippen LogP contribution in [0.1, 0.15) is 10.8 Å². The molecule has 184 valence electrons. The number of β-amino-alcohol motifs (C(OH)–C–C–N with tert-alkyl or cyclic N) is 1. The van der Waals surface area contributed by atoms with Crippen LogP contribution in [0.4, 0.5) is 0 Å². The summed E-state index contributed by atoms with van der Waals surface area (Å²) in [6, 6.07) is 13.5. The number of nitrogens with zero attached hydrogens (tertiary/aromatic N) is 5. The van der Waals surface area contributed by atoms with Crippen LogP contribution in [-0.4, -0.2) is 82.6 Å². The molecule has 1 saturated heterocycles. The number of hydrogen-bond donors (Lipinski definition) is 1. The first-order valence-corrected chi connectivity index (χ1v) is 12.5. The van der Waals surface area contributed by atoms with E-state index in [-0.39, 0.29) is 6.61 Å². The largest absolute Gasteiger partial charge is 0.496 e. The Labute approximate surface area is 207 Å². The number of piperazine rings is 1. The van der Waals surface area contributed by atoms with Gasteiger partial charge in [-0.3, -0.25) is 9.80 Å². The predicted molar refractivity (Wildman–Crippen MR) is 134 cm³/mol. The van der Waals surface area contributed by atoms with Crippen molar-refractivity contribution in [3.63, 3.8) is 0 Å². The van der Waals surface area contributed by atoms with Gasteiger partial charge >= 0.3 is 0 Å². The van der Waals surface area contributed by atoms with Gasteiger partial charge in [0, 0.05) is 38.8 Å². The van der Waals surface area contributed by atoms with Crippen LogP contribution in [-0.2, 0) is 6.54 Å². The van der Waals surface area contributed by atoms with E-state index in [9.17, 15) is 5.11 Å². The molecular weight excluding hydrogens is 466 g/mol. The Kier molecular flexibility index (Phi) is 7.24. The molecule has 1 N–H and O–H groups in total. The van der Waals surface area contributed by atoms with Gasteiger partial charge in [-0.15, -0.1) is 11.3 Å². The quantitative estimate of drug-likeness (QED) is 0.375.